The smallest absolute Gasteiger partial charge is 0.192 e. The second kappa shape index (κ2) is 3.19. The van der Waals surface area contributed by atoms with Crippen LogP contribution < -0.4 is 0 Å². The van der Waals surface area contributed by atoms with Crippen LogP contribution in [0.5, 0.6) is 0 Å². The molecule has 0 radical (unpaired) electrons. The van der Waals surface area contributed by atoms with E-state index >= 15 is 0 Å². The van der Waals surface area contributed by atoms with Crippen molar-refractivity contribution >= 4 is 0 Å². The molecule has 0 amide bonds. The van der Waals surface area contributed by atoms with Gasteiger partial charge in [-0.1, -0.05) is 12.8 Å². The van der Waals surface area contributed by atoms with E-state index in [9.17, 15) is 5.11 Å². The molecule has 0 aromatic rings. The van der Waals surface area contributed by atoms with Crippen LogP contribution in [0.3, 0.4) is 0 Å². The van der Waals surface area contributed by atoms with Crippen molar-refractivity contribution < 1.29 is 14.6 Å². The van der Waals surface area contributed by atoms with Crippen LogP contribution in [0.25, 0.3) is 0 Å². The summed E-state index contributed by atoms with van der Waals surface area (Å²) in [4.78, 5) is 0. The zero-order valence-electron chi connectivity index (χ0n) is 9.25. The minimum Gasteiger partial charge on any atom is -0.364 e. The molecule has 14 heavy (non-hydrogen) atoms. The van der Waals surface area contributed by atoms with Gasteiger partial charge in [0.1, 0.15) is 5.60 Å². The van der Waals surface area contributed by atoms with Crippen molar-refractivity contribution in [2.45, 2.75) is 70.1 Å². The van der Waals surface area contributed by atoms with E-state index in [1.807, 2.05) is 13.8 Å². The molecule has 0 bridgehead atoms. The van der Waals surface area contributed by atoms with E-state index in [4.69, 9.17) is 9.47 Å². The van der Waals surface area contributed by atoms with Gasteiger partial charge in [0.25, 0.3) is 0 Å². The lowest BCUT2D eigenvalue weighted by Gasteiger charge is -2.51. The van der Waals surface area contributed by atoms with E-state index in [0.29, 0.717) is 0 Å². The van der Waals surface area contributed by atoms with Gasteiger partial charge >= 0.3 is 0 Å². The molecule has 2 fully saturated rings. The number of hydrogen-bond acceptors (Lipinski definition) is 3. The Morgan fingerprint density at radius 2 is 1.50 bits per heavy atom. The first-order valence-electron chi connectivity index (χ1n) is 5.50. The molecular weight excluding hydrogens is 180 g/mol. The lowest BCUT2D eigenvalue weighted by molar-refractivity contribution is -0.378. The SMILES string of the molecule is CC1(C)OC2CCCCC2OC1(C)O. The molecule has 3 heteroatoms. The van der Waals surface area contributed by atoms with Crippen LogP contribution in [0.15, 0.2) is 0 Å². The predicted molar refractivity (Wildman–Crippen MR) is 52.9 cm³/mol. The Morgan fingerprint density at radius 3 is 2.07 bits per heavy atom. The van der Waals surface area contributed by atoms with Crippen molar-refractivity contribution in [3.05, 3.63) is 0 Å². The van der Waals surface area contributed by atoms with E-state index in [2.05, 4.69) is 0 Å². The molecule has 0 aromatic heterocycles. The first-order valence-corrected chi connectivity index (χ1v) is 5.50. The highest BCUT2D eigenvalue weighted by molar-refractivity contribution is 4.93. The van der Waals surface area contributed by atoms with E-state index in [-0.39, 0.29) is 12.2 Å². The average molecular weight is 200 g/mol. The van der Waals surface area contributed by atoms with E-state index in [1.165, 1.54) is 12.8 Å². The van der Waals surface area contributed by atoms with E-state index in [1.54, 1.807) is 6.92 Å². The maximum Gasteiger partial charge on any atom is 0.192 e. The van der Waals surface area contributed by atoms with Gasteiger partial charge in [-0.2, -0.15) is 0 Å². The molecule has 3 nitrogen and oxygen atoms in total. The highest BCUT2D eigenvalue weighted by atomic mass is 16.7. The van der Waals surface area contributed by atoms with Gasteiger partial charge in [-0.05, 0) is 33.6 Å². The van der Waals surface area contributed by atoms with Gasteiger partial charge in [0.05, 0.1) is 12.2 Å². The van der Waals surface area contributed by atoms with Gasteiger partial charge in [-0.3, -0.25) is 0 Å². The van der Waals surface area contributed by atoms with Crippen molar-refractivity contribution in [1.82, 2.24) is 0 Å². The molecule has 2 aliphatic rings. The molecule has 0 aromatic carbocycles. The Morgan fingerprint density at radius 1 is 1.00 bits per heavy atom. The van der Waals surface area contributed by atoms with Crippen molar-refractivity contribution in [2.24, 2.45) is 0 Å². The summed E-state index contributed by atoms with van der Waals surface area (Å²) >= 11 is 0. The maximum absolute atomic E-state index is 10.1. The van der Waals surface area contributed by atoms with Crippen LogP contribution in [0, 0.1) is 0 Å². The zero-order valence-corrected chi connectivity index (χ0v) is 9.25. The van der Waals surface area contributed by atoms with E-state index < -0.39 is 11.4 Å². The van der Waals surface area contributed by atoms with Gasteiger partial charge in [0, 0.05) is 0 Å². The Kier molecular flexibility index (Phi) is 2.37. The molecule has 3 atom stereocenters. The third-order valence-electron chi connectivity index (χ3n) is 3.59. The summed E-state index contributed by atoms with van der Waals surface area (Å²) in [5.41, 5.74) is -0.606. The summed E-state index contributed by atoms with van der Waals surface area (Å²) < 4.78 is 11.6. The maximum atomic E-state index is 10.1. The monoisotopic (exact) mass is 200 g/mol. The highest BCUT2D eigenvalue weighted by Gasteiger charge is 2.51. The summed E-state index contributed by atoms with van der Waals surface area (Å²) in [7, 11) is 0. The van der Waals surface area contributed by atoms with Crippen LogP contribution in [0.2, 0.25) is 0 Å². The van der Waals surface area contributed by atoms with Gasteiger partial charge in [0.15, 0.2) is 5.79 Å². The predicted octanol–water partition coefficient (Wildman–Crippen LogP) is 1.83. The topological polar surface area (TPSA) is 38.7 Å². The number of fused-ring (bicyclic) bond motifs is 1. The molecule has 1 aliphatic heterocycles. The second-order valence-corrected chi connectivity index (χ2v) is 5.09. The van der Waals surface area contributed by atoms with Crippen molar-refractivity contribution in [2.75, 3.05) is 0 Å². The Labute approximate surface area is 85.4 Å². The summed E-state index contributed by atoms with van der Waals surface area (Å²) in [5, 5.41) is 10.1. The minimum atomic E-state index is -1.16. The molecule has 1 aliphatic carbocycles. The lowest BCUT2D eigenvalue weighted by Crippen LogP contribution is -2.62. The molecule has 1 saturated heterocycles. The van der Waals surface area contributed by atoms with Crippen LogP contribution in [-0.2, 0) is 9.47 Å². The Balaban J connectivity index is 2.14. The fourth-order valence-corrected chi connectivity index (χ4v) is 2.26. The first kappa shape index (κ1) is 10.4. The van der Waals surface area contributed by atoms with Crippen molar-refractivity contribution in [3.63, 3.8) is 0 Å². The van der Waals surface area contributed by atoms with Crippen LogP contribution in [0.4, 0.5) is 0 Å². The molecule has 1 saturated carbocycles. The highest BCUT2D eigenvalue weighted by Crippen LogP contribution is 2.40. The van der Waals surface area contributed by atoms with Crippen LogP contribution in [-0.4, -0.2) is 28.7 Å². The van der Waals surface area contributed by atoms with Gasteiger partial charge in [-0.25, -0.2) is 0 Å². The number of ether oxygens (including phenoxy) is 2. The third-order valence-corrected chi connectivity index (χ3v) is 3.59. The standard InChI is InChI=1S/C11H20O3/c1-10(2)11(3,12)14-9-7-5-4-6-8(9)13-10/h8-9,12H,4-7H2,1-3H3. The largest absolute Gasteiger partial charge is 0.364 e. The molecule has 3 unspecified atom stereocenters. The van der Waals surface area contributed by atoms with Gasteiger partial charge in [-0.15, -0.1) is 0 Å². The van der Waals surface area contributed by atoms with E-state index in [0.717, 1.165) is 12.8 Å². The Bertz CT molecular complexity index is 199. The molecule has 2 rings (SSSR count). The molecule has 1 heterocycles. The molecule has 82 valence electrons. The fraction of sp³-hybridized carbons (Fsp3) is 1.00. The van der Waals surface area contributed by atoms with Gasteiger partial charge < -0.3 is 14.6 Å². The normalized spacial score (nSPS) is 47.1. The van der Waals surface area contributed by atoms with Gasteiger partial charge in [0.2, 0.25) is 0 Å². The number of hydrogen-bond donors (Lipinski definition) is 1. The Hall–Kier alpha value is -0.120. The fourth-order valence-electron chi connectivity index (χ4n) is 2.26. The van der Waals surface area contributed by atoms with Crippen molar-refractivity contribution in [3.8, 4) is 0 Å². The summed E-state index contributed by atoms with van der Waals surface area (Å²) in [6.45, 7) is 5.47. The first-order chi connectivity index (χ1) is 6.42. The summed E-state index contributed by atoms with van der Waals surface area (Å²) in [5.74, 6) is -1.16. The van der Waals surface area contributed by atoms with Crippen molar-refractivity contribution in [1.29, 1.82) is 0 Å². The number of rotatable bonds is 0. The average Bonchev–Trinajstić information content (AvgIpc) is 2.05. The minimum absolute atomic E-state index is 0.0896. The zero-order chi connectivity index (χ0) is 10.4. The van der Waals surface area contributed by atoms with Crippen LogP contribution in [0.1, 0.15) is 46.5 Å². The summed E-state index contributed by atoms with van der Waals surface area (Å²) in [6.07, 6.45) is 4.73. The summed E-state index contributed by atoms with van der Waals surface area (Å²) in [6, 6.07) is 0. The molecule has 0 spiro atoms. The third kappa shape index (κ3) is 1.58. The lowest BCUT2D eigenvalue weighted by atomic mass is 9.88. The quantitative estimate of drug-likeness (QED) is 0.648. The van der Waals surface area contributed by atoms with Crippen LogP contribution >= 0.6 is 0 Å². The number of aliphatic hydroxyl groups is 1. The molecule has 1 N–H and O–H groups in total. The molecular formula is C11H20O3. The second-order valence-electron chi connectivity index (χ2n) is 5.09.